The second-order valence-corrected chi connectivity index (χ2v) is 5.60. The van der Waals surface area contributed by atoms with Crippen LogP contribution in [0, 0.1) is 6.92 Å². The Morgan fingerprint density at radius 3 is 2.50 bits per heavy atom. The smallest absolute Gasteiger partial charge is 0.198 e. The lowest BCUT2D eigenvalue weighted by atomic mass is 10.1. The van der Waals surface area contributed by atoms with Crippen LogP contribution in [0.15, 0.2) is 29.3 Å². The number of aliphatic imine (C=N–C) groups is 1. The van der Waals surface area contributed by atoms with E-state index < -0.39 is 0 Å². The van der Waals surface area contributed by atoms with Gasteiger partial charge in [-0.1, -0.05) is 31.0 Å². The first kappa shape index (κ1) is 14.9. The van der Waals surface area contributed by atoms with Crippen molar-refractivity contribution in [3.8, 4) is 0 Å². The van der Waals surface area contributed by atoms with Gasteiger partial charge in [0.25, 0.3) is 0 Å². The number of hydrogen-bond acceptors (Lipinski definition) is 1. The first-order chi connectivity index (χ1) is 9.79. The zero-order valence-corrected chi connectivity index (χ0v) is 12.9. The molecule has 3 heteroatoms. The third-order valence-electron chi connectivity index (χ3n) is 3.74. The summed E-state index contributed by atoms with van der Waals surface area (Å²) in [5, 5.41) is 3.51. The molecular weight excluding hydrogens is 246 g/mol. The van der Waals surface area contributed by atoms with E-state index in [-0.39, 0.29) is 0 Å². The van der Waals surface area contributed by atoms with E-state index in [1.807, 2.05) is 0 Å². The number of benzene rings is 1. The van der Waals surface area contributed by atoms with Crippen molar-refractivity contribution in [2.75, 3.05) is 25.0 Å². The molecular formula is C17H27N3. The Hall–Kier alpha value is -1.51. The summed E-state index contributed by atoms with van der Waals surface area (Å²) in [4.78, 5) is 7.19. The van der Waals surface area contributed by atoms with Crippen molar-refractivity contribution >= 4 is 11.6 Å². The van der Waals surface area contributed by atoms with Crippen LogP contribution in [-0.4, -0.2) is 30.5 Å². The number of nitrogens with one attached hydrogen (secondary N) is 1. The molecule has 1 aromatic carbocycles. The SMILES string of the molecule is CCCCN=C(Nc1ccc(C)cc1)N1CCCCC1. The molecule has 1 heterocycles. The third kappa shape index (κ3) is 4.55. The Balaban J connectivity index is 2.04. The summed E-state index contributed by atoms with van der Waals surface area (Å²) in [6, 6.07) is 8.55. The molecule has 20 heavy (non-hydrogen) atoms. The van der Waals surface area contributed by atoms with Crippen LogP contribution in [-0.2, 0) is 0 Å². The van der Waals surface area contributed by atoms with Crippen molar-refractivity contribution in [2.24, 2.45) is 4.99 Å². The van der Waals surface area contributed by atoms with Crippen LogP contribution in [0.3, 0.4) is 0 Å². The lowest BCUT2D eigenvalue weighted by Crippen LogP contribution is -2.40. The van der Waals surface area contributed by atoms with Crippen LogP contribution < -0.4 is 5.32 Å². The Labute approximate surface area is 123 Å². The fourth-order valence-electron chi connectivity index (χ4n) is 2.43. The minimum absolute atomic E-state index is 0.918. The van der Waals surface area contributed by atoms with Crippen molar-refractivity contribution in [1.29, 1.82) is 0 Å². The molecule has 3 nitrogen and oxygen atoms in total. The van der Waals surface area contributed by atoms with Crippen molar-refractivity contribution in [2.45, 2.75) is 46.0 Å². The fourth-order valence-corrected chi connectivity index (χ4v) is 2.43. The van der Waals surface area contributed by atoms with Gasteiger partial charge in [0.05, 0.1) is 0 Å². The highest BCUT2D eigenvalue weighted by atomic mass is 15.3. The summed E-state index contributed by atoms with van der Waals surface area (Å²) >= 11 is 0. The van der Waals surface area contributed by atoms with Crippen LogP contribution in [0.4, 0.5) is 5.69 Å². The lowest BCUT2D eigenvalue weighted by Gasteiger charge is -2.30. The van der Waals surface area contributed by atoms with Crippen molar-refractivity contribution < 1.29 is 0 Å². The molecule has 0 amide bonds. The van der Waals surface area contributed by atoms with E-state index in [2.05, 4.69) is 48.3 Å². The molecule has 2 rings (SSSR count). The van der Waals surface area contributed by atoms with Gasteiger partial charge in [0, 0.05) is 25.3 Å². The van der Waals surface area contributed by atoms with Gasteiger partial charge in [-0.25, -0.2) is 0 Å². The third-order valence-corrected chi connectivity index (χ3v) is 3.74. The van der Waals surface area contributed by atoms with E-state index >= 15 is 0 Å². The van der Waals surface area contributed by atoms with Crippen molar-refractivity contribution in [1.82, 2.24) is 4.90 Å². The zero-order valence-electron chi connectivity index (χ0n) is 12.9. The van der Waals surface area contributed by atoms with Gasteiger partial charge in [-0.05, 0) is 44.7 Å². The number of piperidine rings is 1. The minimum Gasteiger partial charge on any atom is -0.343 e. The molecule has 1 saturated heterocycles. The minimum atomic E-state index is 0.918. The standard InChI is InChI=1S/C17H27N3/c1-3-4-12-18-17(20-13-6-5-7-14-20)19-16-10-8-15(2)9-11-16/h8-11H,3-7,12-14H2,1-2H3,(H,18,19). The Bertz CT molecular complexity index is 416. The molecule has 0 radical (unpaired) electrons. The number of hydrogen-bond donors (Lipinski definition) is 1. The summed E-state index contributed by atoms with van der Waals surface area (Å²) in [7, 11) is 0. The van der Waals surface area contributed by atoms with Crippen LogP contribution in [0.1, 0.15) is 44.6 Å². The van der Waals surface area contributed by atoms with Gasteiger partial charge >= 0.3 is 0 Å². The van der Waals surface area contributed by atoms with Gasteiger partial charge in [0.2, 0.25) is 0 Å². The van der Waals surface area contributed by atoms with Crippen molar-refractivity contribution in [3.63, 3.8) is 0 Å². The Morgan fingerprint density at radius 2 is 1.85 bits per heavy atom. The molecule has 0 saturated carbocycles. The number of likely N-dealkylation sites (tertiary alicyclic amines) is 1. The quantitative estimate of drug-likeness (QED) is 0.509. The lowest BCUT2D eigenvalue weighted by molar-refractivity contribution is 0.340. The molecule has 0 aliphatic carbocycles. The van der Waals surface area contributed by atoms with E-state index in [4.69, 9.17) is 4.99 Å². The molecule has 0 bridgehead atoms. The van der Waals surface area contributed by atoms with Crippen LogP contribution in [0.25, 0.3) is 0 Å². The zero-order chi connectivity index (χ0) is 14.2. The predicted molar refractivity (Wildman–Crippen MR) is 87.4 cm³/mol. The largest absolute Gasteiger partial charge is 0.343 e. The van der Waals surface area contributed by atoms with Gasteiger partial charge in [-0.15, -0.1) is 0 Å². The second-order valence-electron chi connectivity index (χ2n) is 5.60. The Morgan fingerprint density at radius 1 is 1.15 bits per heavy atom. The summed E-state index contributed by atoms with van der Waals surface area (Å²) in [5.41, 5.74) is 2.43. The van der Waals surface area contributed by atoms with Gasteiger partial charge in [0.1, 0.15) is 0 Å². The maximum absolute atomic E-state index is 4.79. The van der Waals surface area contributed by atoms with Gasteiger partial charge in [0.15, 0.2) is 5.96 Å². The summed E-state index contributed by atoms with van der Waals surface area (Å²) in [6.45, 7) is 7.50. The van der Waals surface area contributed by atoms with Crippen LogP contribution in [0.2, 0.25) is 0 Å². The maximum Gasteiger partial charge on any atom is 0.198 e. The van der Waals surface area contributed by atoms with Gasteiger partial charge < -0.3 is 10.2 Å². The number of nitrogens with zero attached hydrogens (tertiary/aromatic N) is 2. The number of unbranched alkanes of at least 4 members (excludes halogenated alkanes) is 1. The van der Waals surface area contributed by atoms with Crippen molar-refractivity contribution in [3.05, 3.63) is 29.8 Å². The topological polar surface area (TPSA) is 27.6 Å². The normalized spacial score (nSPS) is 16.3. The molecule has 1 fully saturated rings. The van der Waals surface area contributed by atoms with Gasteiger partial charge in [-0.3, -0.25) is 4.99 Å². The van der Waals surface area contributed by atoms with E-state index in [0.29, 0.717) is 0 Å². The number of anilines is 1. The molecule has 1 aliphatic heterocycles. The molecule has 0 atom stereocenters. The molecule has 1 N–H and O–H groups in total. The monoisotopic (exact) mass is 273 g/mol. The number of rotatable bonds is 4. The summed E-state index contributed by atoms with van der Waals surface area (Å²) in [5.74, 6) is 1.06. The molecule has 0 spiro atoms. The average molecular weight is 273 g/mol. The van der Waals surface area contributed by atoms with Crippen LogP contribution in [0.5, 0.6) is 0 Å². The molecule has 0 aromatic heterocycles. The fraction of sp³-hybridized carbons (Fsp3) is 0.588. The highest BCUT2D eigenvalue weighted by molar-refractivity contribution is 5.93. The number of guanidine groups is 1. The summed E-state index contributed by atoms with van der Waals surface area (Å²) < 4.78 is 0. The first-order valence-corrected chi connectivity index (χ1v) is 7.92. The molecule has 1 aromatic rings. The van der Waals surface area contributed by atoms with E-state index in [1.165, 1.54) is 31.2 Å². The summed E-state index contributed by atoms with van der Waals surface area (Å²) in [6.07, 6.45) is 6.27. The highest BCUT2D eigenvalue weighted by Crippen LogP contribution is 2.13. The average Bonchev–Trinajstić information content (AvgIpc) is 2.49. The number of aryl methyl sites for hydroxylation is 1. The van der Waals surface area contributed by atoms with E-state index in [0.717, 1.165) is 37.7 Å². The molecule has 1 aliphatic rings. The van der Waals surface area contributed by atoms with E-state index in [1.54, 1.807) is 0 Å². The molecule has 0 unspecified atom stereocenters. The first-order valence-electron chi connectivity index (χ1n) is 7.92. The predicted octanol–water partition coefficient (Wildman–Crippen LogP) is 4.05. The Kier molecular flexibility index (Phi) is 5.90. The second kappa shape index (κ2) is 7.93. The van der Waals surface area contributed by atoms with Gasteiger partial charge in [-0.2, -0.15) is 0 Å². The highest BCUT2D eigenvalue weighted by Gasteiger charge is 2.14. The van der Waals surface area contributed by atoms with E-state index in [9.17, 15) is 0 Å². The maximum atomic E-state index is 4.79. The van der Waals surface area contributed by atoms with Crippen LogP contribution >= 0.6 is 0 Å². The molecule has 110 valence electrons.